The average molecular weight is 481 g/mol. The average Bonchev–Trinajstić information content (AvgIpc) is 2.90. The number of amides is 2. The molecular weight excluding hydrogens is 444 g/mol. The van der Waals surface area contributed by atoms with Gasteiger partial charge in [-0.05, 0) is 56.0 Å². The molecule has 0 saturated carbocycles. The largest absolute Gasteiger partial charge is 0.494 e. The lowest BCUT2D eigenvalue weighted by molar-refractivity contribution is -0.166. The molecule has 0 bridgehead atoms. The van der Waals surface area contributed by atoms with Gasteiger partial charge in [0.2, 0.25) is 11.8 Å². The second-order valence-corrected chi connectivity index (χ2v) is 9.32. The number of piperidine rings is 1. The van der Waals surface area contributed by atoms with Crippen LogP contribution in [0.4, 0.5) is 0 Å². The fourth-order valence-electron chi connectivity index (χ4n) is 4.72. The number of morpholine rings is 1. The zero-order chi connectivity index (χ0) is 24.5. The Labute approximate surface area is 207 Å². The van der Waals surface area contributed by atoms with E-state index in [0.29, 0.717) is 32.7 Å². The highest BCUT2D eigenvalue weighted by molar-refractivity contribution is 5.80. The Hall–Kier alpha value is -3.06. The summed E-state index contributed by atoms with van der Waals surface area (Å²) in [6.07, 6.45) is 3.73. The van der Waals surface area contributed by atoms with Gasteiger partial charge in [0.15, 0.2) is 0 Å². The molecule has 2 heterocycles. The quantitative estimate of drug-likeness (QED) is 0.547. The number of para-hydroxylation sites is 1. The lowest BCUT2D eigenvalue weighted by Crippen LogP contribution is -2.58. The summed E-state index contributed by atoms with van der Waals surface area (Å²) in [5.41, 5.74) is 0.0531. The van der Waals surface area contributed by atoms with E-state index in [-0.39, 0.29) is 24.8 Å². The highest BCUT2D eigenvalue weighted by Gasteiger charge is 2.42. The van der Waals surface area contributed by atoms with Gasteiger partial charge in [0.05, 0.1) is 32.6 Å². The number of nitrogens with zero attached hydrogens (tertiary/aromatic N) is 2. The van der Waals surface area contributed by atoms with Crippen LogP contribution in [-0.4, -0.2) is 73.2 Å². The predicted molar refractivity (Wildman–Crippen MR) is 134 cm³/mol. The van der Waals surface area contributed by atoms with Crippen molar-refractivity contribution in [2.24, 2.45) is 0 Å². The normalized spacial score (nSPS) is 20.4. The Balaban J connectivity index is 1.45. The van der Waals surface area contributed by atoms with Gasteiger partial charge in [-0.3, -0.25) is 9.59 Å². The second-order valence-electron chi connectivity index (χ2n) is 9.32. The van der Waals surface area contributed by atoms with Gasteiger partial charge in [-0.25, -0.2) is 0 Å². The van der Waals surface area contributed by atoms with Crippen LogP contribution in [0.2, 0.25) is 0 Å². The summed E-state index contributed by atoms with van der Waals surface area (Å²) in [5.74, 6) is 1.61. The topological polar surface area (TPSA) is 68.3 Å². The first-order valence-corrected chi connectivity index (χ1v) is 12.7. The van der Waals surface area contributed by atoms with Crippen LogP contribution in [0.3, 0.4) is 0 Å². The number of ether oxygens (including phenoxy) is 3. The summed E-state index contributed by atoms with van der Waals surface area (Å²) in [4.78, 5) is 30.2. The molecule has 2 aliphatic heterocycles. The number of hydrogen-bond donors (Lipinski definition) is 0. The number of carbonyl (C=O) groups excluding carboxylic acids is 2. The highest BCUT2D eigenvalue weighted by Crippen LogP contribution is 2.27. The summed E-state index contributed by atoms with van der Waals surface area (Å²) >= 11 is 0. The van der Waals surface area contributed by atoms with Crippen LogP contribution in [0.15, 0.2) is 54.6 Å². The fourth-order valence-corrected chi connectivity index (χ4v) is 4.72. The first-order valence-electron chi connectivity index (χ1n) is 12.7. The van der Waals surface area contributed by atoms with Crippen molar-refractivity contribution in [3.63, 3.8) is 0 Å². The smallest absolute Gasteiger partial charge is 0.227 e. The van der Waals surface area contributed by atoms with Crippen LogP contribution in [0, 0.1) is 0 Å². The molecule has 4 rings (SSSR count). The van der Waals surface area contributed by atoms with Crippen molar-refractivity contribution in [3.05, 3.63) is 60.2 Å². The van der Waals surface area contributed by atoms with Crippen LogP contribution in [0.5, 0.6) is 11.5 Å². The number of rotatable bonds is 9. The molecular formula is C28H36N2O5. The predicted octanol–water partition coefficient (Wildman–Crippen LogP) is 3.71. The molecule has 0 aromatic heterocycles. The molecule has 0 N–H and O–H groups in total. The van der Waals surface area contributed by atoms with E-state index < -0.39 is 5.60 Å². The first kappa shape index (κ1) is 25.0. The minimum absolute atomic E-state index is 0.0203. The van der Waals surface area contributed by atoms with Crippen LogP contribution in [-0.2, 0) is 20.7 Å². The molecule has 7 heteroatoms. The van der Waals surface area contributed by atoms with Gasteiger partial charge in [0.25, 0.3) is 0 Å². The number of carbonyl (C=O) groups is 2. The molecule has 2 aromatic carbocycles. The number of likely N-dealkylation sites (tertiary alicyclic amines) is 1. The molecule has 1 unspecified atom stereocenters. The molecule has 1 atom stereocenters. The van der Waals surface area contributed by atoms with Crippen LogP contribution >= 0.6 is 0 Å². The number of hydrogen-bond acceptors (Lipinski definition) is 5. The molecule has 35 heavy (non-hydrogen) atoms. The molecule has 2 saturated heterocycles. The van der Waals surface area contributed by atoms with E-state index in [2.05, 4.69) is 0 Å². The SMILES string of the molecule is CCOc1ccc(CC(=O)N2CCOC(COc3ccccc3)(CC(=O)N3CCCCC3)C2)cc1. The molecule has 2 fully saturated rings. The first-order chi connectivity index (χ1) is 17.1. The lowest BCUT2D eigenvalue weighted by atomic mass is 9.95. The standard InChI is InChI=1S/C28H36N2O5/c1-2-33-25-13-11-23(12-14-25)19-26(31)30-17-18-35-28(21-30,22-34-24-9-5-3-6-10-24)20-27(32)29-15-7-4-8-16-29/h3,5-6,9-14H,2,4,7-8,15-22H2,1H3. The fraction of sp³-hybridized carbons (Fsp3) is 0.500. The summed E-state index contributed by atoms with van der Waals surface area (Å²) in [7, 11) is 0. The van der Waals surface area contributed by atoms with Crippen LogP contribution in [0.1, 0.15) is 38.2 Å². The minimum Gasteiger partial charge on any atom is -0.494 e. The van der Waals surface area contributed by atoms with Gasteiger partial charge in [-0.15, -0.1) is 0 Å². The minimum atomic E-state index is -0.878. The van der Waals surface area contributed by atoms with E-state index in [9.17, 15) is 9.59 Å². The molecule has 0 spiro atoms. The Morgan fingerprint density at radius 3 is 2.29 bits per heavy atom. The van der Waals surface area contributed by atoms with Gasteiger partial charge in [-0.2, -0.15) is 0 Å². The maximum Gasteiger partial charge on any atom is 0.227 e. The molecule has 2 aliphatic rings. The third kappa shape index (κ3) is 6.98. The summed E-state index contributed by atoms with van der Waals surface area (Å²) in [5, 5.41) is 0. The van der Waals surface area contributed by atoms with Gasteiger partial charge < -0.3 is 24.0 Å². The van der Waals surface area contributed by atoms with E-state index in [0.717, 1.165) is 49.4 Å². The van der Waals surface area contributed by atoms with E-state index in [1.165, 1.54) is 0 Å². The van der Waals surface area contributed by atoms with Gasteiger partial charge in [0.1, 0.15) is 23.7 Å². The second kappa shape index (κ2) is 12.1. The van der Waals surface area contributed by atoms with Gasteiger partial charge >= 0.3 is 0 Å². The molecule has 7 nitrogen and oxygen atoms in total. The lowest BCUT2D eigenvalue weighted by Gasteiger charge is -2.43. The maximum atomic E-state index is 13.2. The van der Waals surface area contributed by atoms with Gasteiger partial charge in [0, 0.05) is 19.6 Å². The zero-order valence-corrected chi connectivity index (χ0v) is 20.6. The van der Waals surface area contributed by atoms with Crippen molar-refractivity contribution < 1.29 is 23.8 Å². The van der Waals surface area contributed by atoms with E-state index in [1.807, 2.05) is 71.3 Å². The van der Waals surface area contributed by atoms with Crippen molar-refractivity contribution in [2.75, 3.05) is 46.0 Å². The Morgan fingerprint density at radius 2 is 1.57 bits per heavy atom. The van der Waals surface area contributed by atoms with Crippen molar-refractivity contribution in [1.29, 1.82) is 0 Å². The van der Waals surface area contributed by atoms with Crippen molar-refractivity contribution in [2.45, 2.75) is 44.6 Å². The summed E-state index contributed by atoms with van der Waals surface area (Å²) in [6.45, 7) is 5.54. The molecule has 2 aromatic rings. The third-order valence-electron chi connectivity index (χ3n) is 6.62. The monoisotopic (exact) mass is 480 g/mol. The van der Waals surface area contributed by atoms with Crippen molar-refractivity contribution in [1.82, 2.24) is 9.80 Å². The Bertz CT molecular complexity index is 959. The van der Waals surface area contributed by atoms with E-state index in [1.54, 1.807) is 0 Å². The maximum absolute atomic E-state index is 13.2. The third-order valence-corrected chi connectivity index (χ3v) is 6.62. The molecule has 0 radical (unpaired) electrons. The van der Waals surface area contributed by atoms with E-state index >= 15 is 0 Å². The Morgan fingerprint density at radius 1 is 0.857 bits per heavy atom. The summed E-state index contributed by atoms with van der Waals surface area (Å²) in [6, 6.07) is 17.2. The highest BCUT2D eigenvalue weighted by atomic mass is 16.5. The van der Waals surface area contributed by atoms with Crippen LogP contribution < -0.4 is 9.47 Å². The van der Waals surface area contributed by atoms with Crippen molar-refractivity contribution >= 4 is 11.8 Å². The van der Waals surface area contributed by atoms with Crippen LogP contribution in [0.25, 0.3) is 0 Å². The zero-order valence-electron chi connectivity index (χ0n) is 20.6. The van der Waals surface area contributed by atoms with Gasteiger partial charge in [-0.1, -0.05) is 30.3 Å². The molecule has 188 valence electrons. The number of benzene rings is 2. The molecule has 0 aliphatic carbocycles. The van der Waals surface area contributed by atoms with E-state index in [4.69, 9.17) is 14.2 Å². The van der Waals surface area contributed by atoms with Crippen molar-refractivity contribution in [3.8, 4) is 11.5 Å². The molecule has 2 amide bonds. The summed E-state index contributed by atoms with van der Waals surface area (Å²) < 4.78 is 17.8. The Kier molecular flexibility index (Phi) is 8.64.